The maximum Gasteiger partial charge on any atom is 0.358 e. The fourth-order valence-electron chi connectivity index (χ4n) is 2.03. The van der Waals surface area contributed by atoms with Crippen LogP contribution in [0.25, 0.3) is 11.5 Å². The number of halogens is 1. The van der Waals surface area contributed by atoms with Crippen LogP contribution in [0.1, 0.15) is 16.1 Å². The minimum Gasteiger partial charge on any atom is -0.476 e. The van der Waals surface area contributed by atoms with E-state index in [0.29, 0.717) is 11.3 Å². The average Bonchev–Trinajstić information content (AvgIpc) is 3.06. The largest absolute Gasteiger partial charge is 0.476 e. The van der Waals surface area contributed by atoms with Gasteiger partial charge in [-0.2, -0.15) is 0 Å². The van der Waals surface area contributed by atoms with Crippen LogP contribution >= 0.6 is 0 Å². The molecule has 0 saturated carbocycles. The molecule has 0 radical (unpaired) electrons. The van der Waals surface area contributed by atoms with E-state index >= 15 is 0 Å². The van der Waals surface area contributed by atoms with Gasteiger partial charge in [-0.15, -0.1) is 5.10 Å². The molecule has 106 valence electrons. The number of hydrogen-bond acceptors (Lipinski definition) is 4. The van der Waals surface area contributed by atoms with Crippen LogP contribution in [0.5, 0.6) is 0 Å². The summed E-state index contributed by atoms with van der Waals surface area (Å²) in [6, 6.07) is 9.24. The number of carboxylic acid groups (broad SMARTS) is 1. The van der Waals surface area contributed by atoms with E-state index < -0.39 is 5.97 Å². The summed E-state index contributed by atoms with van der Waals surface area (Å²) < 4.78 is 19.8. The number of benzene rings is 1. The standard InChI is InChI=1S/C14H10FN3O3/c15-10-4-1-3-9(7-10)8-18-13(11-5-2-6-21-11)12(14(19)20)16-17-18/h1-7H,8H2,(H,19,20). The molecule has 3 rings (SSSR count). The van der Waals surface area contributed by atoms with Gasteiger partial charge in [-0.05, 0) is 29.8 Å². The zero-order valence-corrected chi connectivity index (χ0v) is 10.7. The van der Waals surface area contributed by atoms with Crippen molar-refractivity contribution in [2.24, 2.45) is 0 Å². The Hall–Kier alpha value is -2.96. The molecule has 7 heteroatoms. The van der Waals surface area contributed by atoms with Gasteiger partial charge in [0.2, 0.25) is 5.69 Å². The highest BCUT2D eigenvalue weighted by atomic mass is 19.1. The van der Waals surface area contributed by atoms with Gasteiger partial charge in [0.1, 0.15) is 11.5 Å². The molecular weight excluding hydrogens is 277 g/mol. The molecule has 0 amide bonds. The highest BCUT2D eigenvalue weighted by molar-refractivity contribution is 5.91. The minimum absolute atomic E-state index is 0.189. The van der Waals surface area contributed by atoms with Gasteiger partial charge in [-0.1, -0.05) is 17.3 Å². The van der Waals surface area contributed by atoms with Crippen molar-refractivity contribution in [2.45, 2.75) is 6.54 Å². The lowest BCUT2D eigenvalue weighted by Gasteiger charge is -2.05. The average molecular weight is 287 g/mol. The molecule has 0 fully saturated rings. The summed E-state index contributed by atoms with van der Waals surface area (Å²) in [6.45, 7) is 0.189. The Labute approximate surface area is 118 Å². The Morgan fingerprint density at radius 1 is 1.33 bits per heavy atom. The van der Waals surface area contributed by atoms with E-state index in [-0.39, 0.29) is 23.7 Å². The van der Waals surface area contributed by atoms with E-state index in [1.807, 2.05) is 0 Å². The number of nitrogens with zero attached hydrogens (tertiary/aromatic N) is 3. The summed E-state index contributed by atoms with van der Waals surface area (Å²) in [5.41, 5.74) is 0.683. The highest BCUT2D eigenvalue weighted by Gasteiger charge is 2.22. The van der Waals surface area contributed by atoms with E-state index in [1.165, 1.54) is 23.1 Å². The van der Waals surface area contributed by atoms with Gasteiger partial charge < -0.3 is 9.52 Å². The maximum absolute atomic E-state index is 13.2. The van der Waals surface area contributed by atoms with Crippen molar-refractivity contribution in [3.63, 3.8) is 0 Å². The van der Waals surface area contributed by atoms with E-state index in [0.717, 1.165) is 0 Å². The van der Waals surface area contributed by atoms with Gasteiger partial charge >= 0.3 is 5.97 Å². The molecule has 1 aromatic carbocycles. The van der Waals surface area contributed by atoms with Crippen molar-refractivity contribution >= 4 is 5.97 Å². The molecule has 0 saturated heterocycles. The van der Waals surface area contributed by atoms with Crippen molar-refractivity contribution < 1.29 is 18.7 Å². The molecule has 0 aliphatic heterocycles. The lowest BCUT2D eigenvalue weighted by Crippen LogP contribution is -2.06. The fourth-order valence-corrected chi connectivity index (χ4v) is 2.03. The SMILES string of the molecule is O=C(O)c1nnn(Cc2cccc(F)c2)c1-c1ccco1. The third-order valence-electron chi connectivity index (χ3n) is 2.91. The van der Waals surface area contributed by atoms with Gasteiger partial charge in [-0.25, -0.2) is 13.9 Å². The van der Waals surface area contributed by atoms with Gasteiger partial charge in [0, 0.05) is 0 Å². The predicted molar refractivity (Wildman–Crippen MR) is 70.2 cm³/mol. The highest BCUT2D eigenvalue weighted by Crippen LogP contribution is 2.23. The summed E-state index contributed by atoms with van der Waals surface area (Å²) in [6.07, 6.45) is 1.43. The second-order valence-corrected chi connectivity index (χ2v) is 4.36. The predicted octanol–water partition coefficient (Wildman–Crippen LogP) is 2.42. The van der Waals surface area contributed by atoms with Crippen molar-refractivity contribution in [1.29, 1.82) is 0 Å². The molecule has 0 aliphatic rings. The monoisotopic (exact) mass is 287 g/mol. The van der Waals surface area contributed by atoms with Crippen LogP contribution in [0.2, 0.25) is 0 Å². The van der Waals surface area contributed by atoms with E-state index in [9.17, 15) is 14.3 Å². The van der Waals surface area contributed by atoms with E-state index in [1.54, 1.807) is 24.3 Å². The van der Waals surface area contributed by atoms with Crippen LogP contribution in [0.15, 0.2) is 47.1 Å². The van der Waals surface area contributed by atoms with Gasteiger partial charge in [0.25, 0.3) is 0 Å². The lowest BCUT2D eigenvalue weighted by molar-refractivity contribution is 0.0691. The second-order valence-electron chi connectivity index (χ2n) is 4.36. The van der Waals surface area contributed by atoms with E-state index in [2.05, 4.69) is 10.3 Å². The third kappa shape index (κ3) is 2.53. The topological polar surface area (TPSA) is 81.1 Å². The second kappa shape index (κ2) is 5.20. The van der Waals surface area contributed by atoms with Crippen molar-refractivity contribution in [3.05, 3.63) is 59.7 Å². The van der Waals surface area contributed by atoms with Crippen molar-refractivity contribution in [2.75, 3.05) is 0 Å². The summed E-state index contributed by atoms with van der Waals surface area (Å²) in [4.78, 5) is 11.2. The molecule has 0 bridgehead atoms. The minimum atomic E-state index is -1.20. The van der Waals surface area contributed by atoms with Crippen LogP contribution in [-0.4, -0.2) is 26.1 Å². The molecule has 2 heterocycles. The zero-order chi connectivity index (χ0) is 14.8. The Bertz CT molecular complexity index is 781. The smallest absolute Gasteiger partial charge is 0.358 e. The number of rotatable bonds is 4. The molecule has 2 aromatic heterocycles. The molecule has 6 nitrogen and oxygen atoms in total. The Morgan fingerprint density at radius 2 is 2.19 bits per heavy atom. The van der Waals surface area contributed by atoms with E-state index in [4.69, 9.17) is 4.42 Å². The number of carbonyl (C=O) groups is 1. The zero-order valence-electron chi connectivity index (χ0n) is 10.7. The molecule has 0 aliphatic carbocycles. The molecule has 0 spiro atoms. The first-order chi connectivity index (χ1) is 10.1. The molecule has 1 N–H and O–H groups in total. The molecular formula is C14H10FN3O3. The molecule has 0 atom stereocenters. The number of aromatic nitrogens is 3. The van der Waals surface area contributed by atoms with Crippen LogP contribution in [0.3, 0.4) is 0 Å². The summed E-state index contributed by atoms with van der Waals surface area (Å²) >= 11 is 0. The molecule has 3 aromatic rings. The first kappa shape index (κ1) is 13.0. The third-order valence-corrected chi connectivity index (χ3v) is 2.91. The Kier molecular flexibility index (Phi) is 3.23. The first-order valence-electron chi connectivity index (χ1n) is 6.10. The number of furan rings is 1. The Morgan fingerprint density at radius 3 is 2.86 bits per heavy atom. The summed E-state index contributed by atoms with van der Waals surface area (Å²) in [5, 5.41) is 16.6. The maximum atomic E-state index is 13.2. The number of hydrogen-bond donors (Lipinski definition) is 1. The van der Waals surface area contributed by atoms with Crippen molar-refractivity contribution in [3.8, 4) is 11.5 Å². The van der Waals surface area contributed by atoms with Crippen LogP contribution in [0.4, 0.5) is 4.39 Å². The number of carboxylic acids is 1. The molecule has 0 unspecified atom stereocenters. The quantitative estimate of drug-likeness (QED) is 0.797. The lowest BCUT2D eigenvalue weighted by atomic mass is 10.2. The summed E-state index contributed by atoms with van der Waals surface area (Å²) in [7, 11) is 0. The van der Waals surface area contributed by atoms with Gasteiger partial charge in [-0.3, -0.25) is 0 Å². The van der Waals surface area contributed by atoms with Crippen LogP contribution < -0.4 is 0 Å². The van der Waals surface area contributed by atoms with Gasteiger partial charge in [0.05, 0.1) is 12.8 Å². The Balaban J connectivity index is 2.05. The van der Waals surface area contributed by atoms with Gasteiger partial charge in [0.15, 0.2) is 5.76 Å². The fraction of sp³-hybridized carbons (Fsp3) is 0.0714. The first-order valence-corrected chi connectivity index (χ1v) is 6.10. The number of aromatic carboxylic acids is 1. The van der Waals surface area contributed by atoms with Crippen molar-refractivity contribution in [1.82, 2.24) is 15.0 Å². The normalized spacial score (nSPS) is 10.7. The van der Waals surface area contributed by atoms with Crippen LogP contribution in [-0.2, 0) is 6.54 Å². The van der Waals surface area contributed by atoms with Crippen LogP contribution in [0, 0.1) is 5.82 Å². The molecule has 21 heavy (non-hydrogen) atoms. The summed E-state index contributed by atoms with van der Waals surface area (Å²) in [5.74, 6) is -1.23.